The number of anilines is 1. The molecule has 160 valence electrons. The van der Waals surface area contributed by atoms with Gasteiger partial charge < -0.3 is 25.9 Å². The number of nitrogens with zero attached hydrogens (tertiary/aromatic N) is 1. The molecule has 4 aromatic rings. The van der Waals surface area contributed by atoms with Gasteiger partial charge in [0.25, 0.3) is 0 Å². The Hall–Kier alpha value is -4.59. The summed E-state index contributed by atoms with van der Waals surface area (Å²) in [5, 5.41) is 14.0. The molecule has 0 radical (unpaired) electrons. The standard InChI is InChI=1S/C24H20N4O4/c1-32-23(30)15-7-9-16(10-8-15)26-21(14-5-3-2-4-6-14)20-18-12-11-17(27-24(25)31)13-19(18)28-22(20)29/h2-13,28-29H,1H3,(H3,25,27,31). The van der Waals surface area contributed by atoms with Crippen molar-refractivity contribution in [3.8, 4) is 5.88 Å². The minimum atomic E-state index is -0.678. The van der Waals surface area contributed by atoms with Crippen molar-refractivity contribution in [3.05, 3.63) is 89.5 Å². The minimum absolute atomic E-state index is 0.0648. The molecule has 8 nitrogen and oxygen atoms in total. The summed E-state index contributed by atoms with van der Waals surface area (Å²) >= 11 is 0. The molecule has 0 saturated carbocycles. The smallest absolute Gasteiger partial charge is 0.337 e. The number of urea groups is 1. The van der Waals surface area contributed by atoms with Crippen LogP contribution in [0.1, 0.15) is 21.5 Å². The molecule has 0 aliphatic carbocycles. The molecule has 0 aliphatic heterocycles. The zero-order valence-corrected chi connectivity index (χ0v) is 17.1. The van der Waals surface area contributed by atoms with Crippen molar-refractivity contribution < 1.29 is 19.4 Å². The summed E-state index contributed by atoms with van der Waals surface area (Å²) in [6.07, 6.45) is 0. The van der Waals surface area contributed by atoms with E-state index in [1.54, 1.807) is 42.5 Å². The number of rotatable bonds is 5. The van der Waals surface area contributed by atoms with E-state index in [1.165, 1.54) is 7.11 Å². The first-order valence-electron chi connectivity index (χ1n) is 9.70. The lowest BCUT2D eigenvalue weighted by molar-refractivity contribution is 0.0600. The van der Waals surface area contributed by atoms with E-state index in [4.69, 9.17) is 15.5 Å². The summed E-state index contributed by atoms with van der Waals surface area (Å²) in [5.74, 6) is -0.497. The third-order valence-corrected chi connectivity index (χ3v) is 4.86. The third kappa shape index (κ3) is 4.15. The molecule has 4 rings (SSSR count). The number of amides is 2. The molecule has 0 atom stereocenters. The van der Waals surface area contributed by atoms with Gasteiger partial charge in [-0.25, -0.2) is 14.6 Å². The zero-order valence-electron chi connectivity index (χ0n) is 17.1. The van der Waals surface area contributed by atoms with E-state index in [1.807, 2.05) is 30.3 Å². The number of esters is 1. The second-order valence-electron chi connectivity index (χ2n) is 6.96. The monoisotopic (exact) mass is 428 g/mol. The second kappa shape index (κ2) is 8.65. The number of nitrogens with two attached hydrogens (primary N) is 1. The topological polar surface area (TPSA) is 130 Å². The Balaban J connectivity index is 1.85. The quantitative estimate of drug-likeness (QED) is 0.279. The molecular formula is C24H20N4O4. The molecule has 8 heteroatoms. The van der Waals surface area contributed by atoms with Gasteiger partial charge in [0.15, 0.2) is 5.88 Å². The normalized spacial score (nSPS) is 11.3. The first kappa shape index (κ1) is 20.7. The number of hydrogen-bond acceptors (Lipinski definition) is 5. The molecular weight excluding hydrogens is 408 g/mol. The Bertz CT molecular complexity index is 1330. The third-order valence-electron chi connectivity index (χ3n) is 4.86. The van der Waals surface area contributed by atoms with Crippen LogP contribution < -0.4 is 11.1 Å². The molecule has 0 aliphatic rings. The Morgan fingerprint density at radius 1 is 1.00 bits per heavy atom. The molecule has 0 spiro atoms. The molecule has 0 unspecified atom stereocenters. The summed E-state index contributed by atoms with van der Waals surface area (Å²) in [7, 11) is 1.33. The van der Waals surface area contributed by atoms with Crippen LogP contribution in [0.2, 0.25) is 0 Å². The SMILES string of the molecule is COC(=O)c1ccc(N=C(c2ccccc2)c2c(O)[nH]c3cc(NC(N)=O)ccc23)cc1. The van der Waals surface area contributed by atoms with E-state index >= 15 is 0 Å². The number of carbonyl (C=O) groups excluding carboxylic acids is 2. The van der Waals surface area contributed by atoms with Gasteiger partial charge in [-0.3, -0.25) is 0 Å². The van der Waals surface area contributed by atoms with Gasteiger partial charge in [0.1, 0.15) is 0 Å². The minimum Gasteiger partial charge on any atom is -0.494 e. The Kier molecular flexibility index (Phi) is 5.59. The van der Waals surface area contributed by atoms with Crippen LogP contribution in [-0.2, 0) is 4.74 Å². The number of aromatic amines is 1. The first-order valence-corrected chi connectivity index (χ1v) is 9.70. The van der Waals surface area contributed by atoms with E-state index in [0.29, 0.717) is 39.1 Å². The van der Waals surface area contributed by atoms with Crippen molar-refractivity contribution >= 4 is 40.0 Å². The van der Waals surface area contributed by atoms with Crippen LogP contribution in [0.25, 0.3) is 10.9 Å². The van der Waals surface area contributed by atoms with Crippen LogP contribution >= 0.6 is 0 Å². The number of fused-ring (bicyclic) bond motifs is 1. The van der Waals surface area contributed by atoms with Crippen molar-refractivity contribution in [3.63, 3.8) is 0 Å². The highest BCUT2D eigenvalue weighted by atomic mass is 16.5. The number of aliphatic imine (C=N–C) groups is 1. The Morgan fingerprint density at radius 3 is 2.38 bits per heavy atom. The molecule has 1 aromatic heterocycles. The maximum absolute atomic E-state index is 11.7. The van der Waals surface area contributed by atoms with E-state index in [9.17, 15) is 14.7 Å². The fourth-order valence-electron chi connectivity index (χ4n) is 3.42. The molecule has 3 aromatic carbocycles. The lowest BCUT2D eigenvalue weighted by Crippen LogP contribution is -2.19. The number of methoxy groups -OCH3 is 1. The highest BCUT2D eigenvalue weighted by Crippen LogP contribution is 2.33. The van der Waals surface area contributed by atoms with Gasteiger partial charge in [0, 0.05) is 16.6 Å². The average Bonchev–Trinajstić information content (AvgIpc) is 3.12. The maximum atomic E-state index is 11.7. The van der Waals surface area contributed by atoms with Crippen molar-refractivity contribution in [2.24, 2.45) is 10.7 Å². The van der Waals surface area contributed by atoms with Crippen LogP contribution in [0.4, 0.5) is 16.2 Å². The number of primary amides is 1. The predicted octanol–water partition coefficient (Wildman–Crippen LogP) is 4.32. The molecule has 0 fully saturated rings. The molecule has 2 amide bonds. The fourth-order valence-corrected chi connectivity index (χ4v) is 3.42. The van der Waals surface area contributed by atoms with Crippen molar-refractivity contribution in [1.29, 1.82) is 0 Å². The van der Waals surface area contributed by atoms with E-state index in [2.05, 4.69) is 10.3 Å². The number of ether oxygens (including phenoxy) is 1. The lowest BCUT2D eigenvalue weighted by Gasteiger charge is -2.08. The number of hydrogen-bond donors (Lipinski definition) is 4. The van der Waals surface area contributed by atoms with Gasteiger partial charge in [-0.15, -0.1) is 0 Å². The van der Waals surface area contributed by atoms with Gasteiger partial charge in [0.2, 0.25) is 0 Å². The van der Waals surface area contributed by atoms with Crippen molar-refractivity contribution in [2.75, 3.05) is 12.4 Å². The summed E-state index contributed by atoms with van der Waals surface area (Å²) in [6, 6.07) is 20.6. The van der Waals surface area contributed by atoms with Crippen LogP contribution in [0.15, 0.2) is 77.8 Å². The predicted molar refractivity (Wildman–Crippen MR) is 123 cm³/mol. The van der Waals surface area contributed by atoms with Crippen LogP contribution in [0.5, 0.6) is 5.88 Å². The summed E-state index contributed by atoms with van der Waals surface area (Å²) in [5.41, 5.74) is 9.14. The zero-order chi connectivity index (χ0) is 22.7. The summed E-state index contributed by atoms with van der Waals surface area (Å²) < 4.78 is 4.74. The van der Waals surface area contributed by atoms with E-state index in [-0.39, 0.29) is 5.88 Å². The number of benzene rings is 3. The Labute approximate surface area is 183 Å². The second-order valence-corrected chi connectivity index (χ2v) is 6.96. The number of nitrogens with one attached hydrogen (secondary N) is 2. The summed E-state index contributed by atoms with van der Waals surface area (Å²) in [6.45, 7) is 0. The van der Waals surface area contributed by atoms with Gasteiger partial charge in [0.05, 0.1) is 35.2 Å². The molecule has 0 bridgehead atoms. The van der Waals surface area contributed by atoms with Gasteiger partial charge in [-0.05, 0) is 42.5 Å². The van der Waals surface area contributed by atoms with E-state index < -0.39 is 12.0 Å². The van der Waals surface area contributed by atoms with Crippen molar-refractivity contribution in [2.45, 2.75) is 0 Å². The van der Waals surface area contributed by atoms with Crippen LogP contribution in [0.3, 0.4) is 0 Å². The van der Waals surface area contributed by atoms with Crippen LogP contribution in [-0.4, -0.2) is 34.9 Å². The number of carbonyl (C=O) groups is 2. The molecule has 32 heavy (non-hydrogen) atoms. The van der Waals surface area contributed by atoms with E-state index in [0.717, 1.165) is 5.56 Å². The van der Waals surface area contributed by atoms with Gasteiger partial charge >= 0.3 is 12.0 Å². The Morgan fingerprint density at radius 2 is 1.72 bits per heavy atom. The molecule has 1 heterocycles. The first-order chi connectivity index (χ1) is 15.5. The largest absolute Gasteiger partial charge is 0.494 e. The van der Waals surface area contributed by atoms with Crippen molar-refractivity contribution in [1.82, 2.24) is 4.98 Å². The van der Waals surface area contributed by atoms with Gasteiger partial charge in [-0.2, -0.15) is 0 Å². The number of aromatic hydroxyl groups is 1. The average molecular weight is 428 g/mol. The molecule has 5 N–H and O–H groups in total. The summed E-state index contributed by atoms with van der Waals surface area (Å²) in [4.78, 5) is 30.6. The maximum Gasteiger partial charge on any atom is 0.337 e. The van der Waals surface area contributed by atoms with Crippen LogP contribution in [0, 0.1) is 0 Å². The number of H-pyrrole nitrogens is 1. The molecule has 0 saturated heterocycles. The lowest BCUT2D eigenvalue weighted by atomic mass is 10.0. The van der Waals surface area contributed by atoms with Gasteiger partial charge in [-0.1, -0.05) is 30.3 Å². The number of aromatic nitrogens is 1. The highest BCUT2D eigenvalue weighted by molar-refractivity contribution is 6.22. The highest BCUT2D eigenvalue weighted by Gasteiger charge is 2.19. The fraction of sp³-hybridized carbons (Fsp3) is 0.0417.